The number of amides is 1. The molecule has 1 atom stereocenters. The number of benzene rings is 2. The Kier molecular flexibility index (Phi) is 8.21. The lowest BCUT2D eigenvalue weighted by Crippen LogP contribution is -2.33. The van der Waals surface area contributed by atoms with Crippen LogP contribution < -0.4 is 23.7 Å². The van der Waals surface area contributed by atoms with Crippen molar-refractivity contribution in [3.8, 4) is 28.7 Å². The Hall–Kier alpha value is -3.09. The Morgan fingerprint density at radius 2 is 1.33 bits per heavy atom. The van der Waals surface area contributed by atoms with E-state index in [2.05, 4.69) is 6.92 Å². The molecule has 164 valence electrons. The van der Waals surface area contributed by atoms with E-state index in [0.717, 1.165) is 11.1 Å². The van der Waals surface area contributed by atoms with Gasteiger partial charge in [-0.3, -0.25) is 0 Å². The van der Waals surface area contributed by atoms with Crippen LogP contribution in [0.5, 0.6) is 28.7 Å². The Morgan fingerprint density at radius 3 is 1.80 bits per heavy atom. The molecule has 1 amide bonds. The second-order valence-corrected chi connectivity index (χ2v) is 6.63. The molecule has 0 aliphatic carbocycles. The molecule has 0 fully saturated rings. The first kappa shape index (κ1) is 23.2. The maximum atomic E-state index is 12.4. The van der Waals surface area contributed by atoms with Crippen LogP contribution in [-0.2, 0) is 0 Å². The molecule has 1 unspecified atom stereocenters. The lowest BCUT2D eigenvalue weighted by atomic mass is 9.92. The molecule has 0 spiro atoms. The lowest BCUT2D eigenvalue weighted by molar-refractivity contribution is 0.155. The van der Waals surface area contributed by atoms with Crippen molar-refractivity contribution in [2.75, 3.05) is 41.5 Å². The molecule has 0 N–H and O–H groups in total. The molecular weight excluding hydrogens is 386 g/mol. The summed E-state index contributed by atoms with van der Waals surface area (Å²) >= 11 is 0. The molecule has 0 saturated carbocycles. The Bertz CT molecular complexity index is 838. The summed E-state index contributed by atoms with van der Waals surface area (Å²) in [4.78, 5) is 14.0. The molecule has 7 heteroatoms. The molecule has 0 bridgehead atoms. The topological polar surface area (TPSA) is 66.5 Å². The largest absolute Gasteiger partial charge is 0.493 e. The van der Waals surface area contributed by atoms with E-state index in [0.29, 0.717) is 41.8 Å². The summed E-state index contributed by atoms with van der Waals surface area (Å²) in [5, 5.41) is 0. The lowest BCUT2D eigenvalue weighted by Gasteiger charge is -2.21. The van der Waals surface area contributed by atoms with Crippen LogP contribution in [0.25, 0.3) is 0 Å². The first-order valence-electron chi connectivity index (χ1n) is 9.88. The van der Waals surface area contributed by atoms with Gasteiger partial charge in [-0.25, -0.2) is 4.79 Å². The van der Waals surface area contributed by atoms with Crippen molar-refractivity contribution >= 4 is 6.09 Å². The predicted octanol–water partition coefficient (Wildman–Crippen LogP) is 4.71. The number of rotatable bonds is 9. The van der Waals surface area contributed by atoms with E-state index in [4.69, 9.17) is 23.7 Å². The minimum Gasteiger partial charge on any atom is -0.493 e. The van der Waals surface area contributed by atoms with Crippen LogP contribution in [0, 0.1) is 0 Å². The molecule has 0 aliphatic heterocycles. The fraction of sp³-hybridized carbons (Fsp3) is 0.435. The standard InChI is InChI=1S/C23H31NO6/c1-8-24(9-2)23(25)30-19-12-16(10-11-18(19)26-4)15(3)17-13-20(27-5)22(29-7)21(14-17)28-6/h10-15H,8-9H2,1-7H3. The van der Waals surface area contributed by atoms with E-state index in [1.807, 2.05) is 38.1 Å². The second-order valence-electron chi connectivity index (χ2n) is 6.63. The maximum Gasteiger partial charge on any atom is 0.415 e. The molecule has 30 heavy (non-hydrogen) atoms. The van der Waals surface area contributed by atoms with Gasteiger partial charge in [-0.15, -0.1) is 0 Å². The van der Waals surface area contributed by atoms with E-state index in [1.165, 1.54) is 0 Å². The second kappa shape index (κ2) is 10.6. The van der Waals surface area contributed by atoms with Gasteiger partial charge in [0.15, 0.2) is 23.0 Å². The van der Waals surface area contributed by atoms with Crippen LogP contribution in [0.3, 0.4) is 0 Å². The van der Waals surface area contributed by atoms with Gasteiger partial charge in [-0.2, -0.15) is 0 Å². The van der Waals surface area contributed by atoms with Crippen molar-refractivity contribution in [1.82, 2.24) is 4.90 Å². The van der Waals surface area contributed by atoms with Crippen molar-refractivity contribution in [3.63, 3.8) is 0 Å². The van der Waals surface area contributed by atoms with Crippen molar-refractivity contribution in [3.05, 3.63) is 41.5 Å². The van der Waals surface area contributed by atoms with Gasteiger partial charge >= 0.3 is 6.09 Å². The van der Waals surface area contributed by atoms with Crippen LogP contribution >= 0.6 is 0 Å². The Labute approximate surface area is 178 Å². The Balaban J connectivity index is 2.43. The highest BCUT2D eigenvalue weighted by Crippen LogP contribution is 2.42. The Morgan fingerprint density at radius 1 is 0.800 bits per heavy atom. The highest BCUT2D eigenvalue weighted by molar-refractivity contribution is 5.72. The van der Waals surface area contributed by atoms with Gasteiger partial charge < -0.3 is 28.6 Å². The first-order chi connectivity index (χ1) is 14.4. The van der Waals surface area contributed by atoms with Gasteiger partial charge in [0.1, 0.15) is 0 Å². The average molecular weight is 418 g/mol. The zero-order valence-electron chi connectivity index (χ0n) is 18.8. The average Bonchev–Trinajstić information content (AvgIpc) is 2.78. The predicted molar refractivity (Wildman–Crippen MR) is 116 cm³/mol. The molecule has 0 aliphatic rings. The van der Waals surface area contributed by atoms with Crippen molar-refractivity contribution in [2.24, 2.45) is 0 Å². The molecule has 0 aromatic heterocycles. The minimum atomic E-state index is -0.407. The smallest absolute Gasteiger partial charge is 0.415 e. The van der Waals surface area contributed by atoms with Crippen molar-refractivity contribution < 1.29 is 28.5 Å². The maximum absolute atomic E-state index is 12.4. The SMILES string of the molecule is CCN(CC)C(=O)Oc1cc(C(C)c2cc(OC)c(OC)c(OC)c2)ccc1OC. The zero-order chi connectivity index (χ0) is 22.3. The fourth-order valence-electron chi connectivity index (χ4n) is 3.23. The normalized spacial score (nSPS) is 11.4. The van der Waals surface area contributed by atoms with Gasteiger partial charge in [0, 0.05) is 19.0 Å². The number of ether oxygens (including phenoxy) is 5. The summed E-state index contributed by atoms with van der Waals surface area (Å²) in [6.07, 6.45) is -0.407. The molecule has 7 nitrogen and oxygen atoms in total. The highest BCUT2D eigenvalue weighted by Gasteiger charge is 2.20. The van der Waals surface area contributed by atoms with Crippen LogP contribution in [-0.4, -0.2) is 52.5 Å². The van der Waals surface area contributed by atoms with Gasteiger partial charge in [0.05, 0.1) is 28.4 Å². The number of hydrogen-bond donors (Lipinski definition) is 0. The number of hydrogen-bond acceptors (Lipinski definition) is 6. The van der Waals surface area contributed by atoms with Crippen LogP contribution in [0.15, 0.2) is 30.3 Å². The van der Waals surface area contributed by atoms with Gasteiger partial charge in [-0.1, -0.05) is 13.0 Å². The molecule has 2 rings (SSSR count). The first-order valence-corrected chi connectivity index (χ1v) is 9.88. The summed E-state index contributed by atoms with van der Waals surface area (Å²) in [5.74, 6) is 2.55. The minimum absolute atomic E-state index is 0.0319. The molecule has 2 aromatic carbocycles. The molecule has 2 aromatic rings. The molecule has 0 saturated heterocycles. The highest BCUT2D eigenvalue weighted by atomic mass is 16.6. The third-order valence-electron chi connectivity index (χ3n) is 5.09. The van der Waals surface area contributed by atoms with Crippen LogP contribution in [0.2, 0.25) is 0 Å². The van der Waals surface area contributed by atoms with Crippen molar-refractivity contribution in [2.45, 2.75) is 26.7 Å². The number of methoxy groups -OCH3 is 4. The van der Waals surface area contributed by atoms with E-state index in [-0.39, 0.29) is 5.92 Å². The third kappa shape index (κ3) is 4.90. The number of nitrogens with zero attached hydrogens (tertiary/aromatic N) is 1. The summed E-state index contributed by atoms with van der Waals surface area (Å²) in [6, 6.07) is 9.40. The quantitative estimate of drug-likeness (QED) is 0.589. The van der Waals surface area contributed by atoms with E-state index in [1.54, 1.807) is 39.4 Å². The van der Waals surface area contributed by atoms with E-state index >= 15 is 0 Å². The third-order valence-corrected chi connectivity index (χ3v) is 5.09. The summed E-state index contributed by atoms with van der Waals surface area (Å²) in [6.45, 7) is 7.01. The molecule has 0 heterocycles. The van der Waals surface area contributed by atoms with Gasteiger partial charge in [0.2, 0.25) is 5.75 Å². The van der Waals surface area contributed by atoms with Crippen LogP contribution in [0.1, 0.15) is 37.8 Å². The summed E-state index contributed by atoms with van der Waals surface area (Å²) in [7, 11) is 6.30. The van der Waals surface area contributed by atoms with E-state index < -0.39 is 6.09 Å². The molecular formula is C23H31NO6. The summed E-state index contributed by atoms with van der Waals surface area (Å²) in [5.41, 5.74) is 1.92. The van der Waals surface area contributed by atoms with Crippen molar-refractivity contribution in [1.29, 1.82) is 0 Å². The monoisotopic (exact) mass is 417 g/mol. The zero-order valence-corrected chi connectivity index (χ0v) is 18.8. The number of carbonyl (C=O) groups is 1. The van der Waals surface area contributed by atoms with Gasteiger partial charge in [0.25, 0.3) is 0 Å². The van der Waals surface area contributed by atoms with E-state index in [9.17, 15) is 4.79 Å². The van der Waals surface area contributed by atoms with Gasteiger partial charge in [-0.05, 0) is 49.2 Å². The van der Waals surface area contributed by atoms with Crippen LogP contribution in [0.4, 0.5) is 4.79 Å². The fourth-order valence-corrected chi connectivity index (χ4v) is 3.23. The molecule has 0 radical (unpaired) electrons. The summed E-state index contributed by atoms with van der Waals surface area (Å²) < 4.78 is 27.4. The number of carbonyl (C=O) groups excluding carboxylic acids is 1.